The summed E-state index contributed by atoms with van der Waals surface area (Å²) in [6, 6.07) is 7.36. The lowest BCUT2D eigenvalue weighted by Crippen LogP contribution is -2.36. The lowest BCUT2D eigenvalue weighted by Gasteiger charge is -2.25. The topological polar surface area (TPSA) is 128 Å². The highest BCUT2D eigenvalue weighted by molar-refractivity contribution is 7.92. The van der Waals surface area contributed by atoms with E-state index in [1.54, 1.807) is 45.5 Å². The lowest BCUT2D eigenvalue weighted by atomic mass is 9.94. The molecular formula is C28H27ClF2N6O4S2. The molecule has 0 saturated heterocycles. The highest BCUT2D eigenvalue weighted by atomic mass is 35.5. The Bertz CT molecular complexity index is 1970. The van der Waals surface area contributed by atoms with Crippen LogP contribution in [0.4, 0.5) is 19.4 Å². The zero-order valence-electron chi connectivity index (χ0n) is 23.7. The molecule has 5 aromatic rings. The van der Waals surface area contributed by atoms with Crippen molar-refractivity contribution in [3.63, 3.8) is 0 Å². The number of alkyl carbamates (subject to hydrolysis) is 1. The van der Waals surface area contributed by atoms with Crippen LogP contribution in [0, 0.1) is 11.6 Å². The molecule has 0 aliphatic heterocycles. The first kappa shape index (κ1) is 30.6. The van der Waals surface area contributed by atoms with Gasteiger partial charge in [-0.3, -0.25) is 9.40 Å². The van der Waals surface area contributed by atoms with Gasteiger partial charge in [0.1, 0.15) is 17.2 Å². The average Bonchev–Trinajstić information content (AvgIpc) is 3.44. The molecule has 43 heavy (non-hydrogen) atoms. The number of carbonyl (C=O) groups excluding carboxylic acids is 1. The number of sulfonamides is 1. The maximum atomic E-state index is 14.2. The minimum absolute atomic E-state index is 0.0406. The van der Waals surface area contributed by atoms with Crippen molar-refractivity contribution in [2.24, 2.45) is 7.05 Å². The van der Waals surface area contributed by atoms with E-state index < -0.39 is 39.4 Å². The third kappa shape index (κ3) is 6.86. The number of thiazole rings is 1. The second kappa shape index (κ2) is 11.3. The third-order valence-electron chi connectivity index (χ3n) is 6.25. The summed E-state index contributed by atoms with van der Waals surface area (Å²) in [5.74, 6) is -1.50. The van der Waals surface area contributed by atoms with Crippen LogP contribution in [-0.2, 0) is 28.2 Å². The van der Waals surface area contributed by atoms with Crippen molar-refractivity contribution in [3.8, 4) is 11.1 Å². The number of aromatic nitrogens is 4. The van der Waals surface area contributed by atoms with Gasteiger partial charge in [0.15, 0.2) is 11.5 Å². The maximum Gasteiger partial charge on any atom is 0.408 e. The number of halogens is 3. The molecule has 0 spiro atoms. The number of ether oxygens (including phenoxy) is 1. The van der Waals surface area contributed by atoms with Gasteiger partial charge in [0, 0.05) is 24.2 Å². The highest BCUT2D eigenvalue weighted by Crippen LogP contribution is 2.41. The molecular weight excluding hydrogens is 622 g/mol. The summed E-state index contributed by atoms with van der Waals surface area (Å²) in [7, 11) is -2.05. The summed E-state index contributed by atoms with van der Waals surface area (Å²) in [5.41, 5.74) is 3.38. The first-order valence-corrected chi connectivity index (χ1v) is 16.0. The van der Waals surface area contributed by atoms with Crippen molar-refractivity contribution in [3.05, 3.63) is 69.8 Å². The van der Waals surface area contributed by atoms with Crippen molar-refractivity contribution >= 4 is 66.1 Å². The van der Waals surface area contributed by atoms with E-state index in [4.69, 9.17) is 21.3 Å². The molecule has 3 aromatic heterocycles. The standard InChI is InChI=1S/C28H27ClF2N6O4S2/c1-28(2,3)41-27(38)33-20(10-14-8-15(30)11-16(31)9-14)23-18(12-21-25(34-23)32-13-42-21)17-6-7-19(29)22-24(17)37(4)35-26(22)36-43(5,39)40/h6-9,11-13,20H,10H2,1-5H3,(H,33,38)(H,35,36). The fourth-order valence-electron chi connectivity index (χ4n) is 4.77. The Balaban J connectivity index is 1.75. The normalized spacial score (nSPS) is 12.9. The van der Waals surface area contributed by atoms with Gasteiger partial charge in [-0.25, -0.2) is 32.0 Å². The molecule has 1 unspecified atom stereocenters. The quantitative estimate of drug-likeness (QED) is 0.210. The predicted octanol–water partition coefficient (Wildman–Crippen LogP) is 6.36. The van der Waals surface area contributed by atoms with Gasteiger partial charge in [-0.1, -0.05) is 17.7 Å². The van der Waals surface area contributed by atoms with E-state index in [2.05, 4.69) is 20.1 Å². The van der Waals surface area contributed by atoms with E-state index in [9.17, 15) is 22.0 Å². The van der Waals surface area contributed by atoms with Crippen LogP contribution in [0.25, 0.3) is 32.4 Å². The van der Waals surface area contributed by atoms with Crippen LogP contribution in [-0.4, -0.2) is 46.1 Å². The predicted molar refractivity (Wildman–Crippen MR) is 163 cm³/mol. The van der Waals surface area contributed by atoms with Crippen LogP contribution in [0.2, 0.25) is 5.02 Å². The largest absolute Gasteiger partial charge is 0.444 e. The summed E-state index contributed by atoms with van der Waals surface area (Å²) in [4.78, 5) is 22.2. The van der Waals surface area contributed by atoms with Gasteiger partial charge in [0.05, 0.1) is 44.1 Å². The second-order valence-corrected chi connectivity index (χ2v) is 14.0. The van der Waals surface area contributed by atoms with Gasteiger partial charge < -0.3 is 10.1 Å². The number of amides is 1. The summed E-state index contributed by atoms with van der Waals surface area (Å²) >= 11 is 7.90. The number of anilines is 1. The van der Waals surface area contributed by atoms with Gasteiger partial charge in [0.25, 0.3) is 0 Å². The zero-order chi connectivity index (χ0) is 31.3. The van der Waals surface area contributed by atoms with Crippen LogP contribution in [0.3, 0.4) is 0 Å². The molecule has 1 atom stereocenters. The molecule has 2 N–H and O–H groups in total. The molecule has 0 bridgehead atoms. The average molecular weight is 649 g/mol. The molecule has 226 valence electrons. The molecule has 5 rings (SSSR count). The molecule has 2 aromatic carbocycles. The minimum atomic E-state index is -3.69. The van der Waals surface area contributed by atoms with Crippen molar-refractivity contribution in [1.29, 1.82) is 0 Å². The number of carbonyl (C=O) groups is 1. The number of nitrogens with one attached hydrogen (secondary N) is 2. The van der Waals surface area contributed by atoms with Crippen molar-refractivity contribution < 1.29 is 26.7 Å². The van der Waals surface area contributed by atoms with Crippen LogP contribution >= 0.6 is 22.9 Å². The molecule has 10 nitrogen and oxygen atoms in total. The maximum absolute atomic E-state index is 14.2. The van der Waals surface area contributed by atoms with E-state index in [1.165, 1.54) is 28.2 Å². The third-order valence-corrected chi connectivity index (χ3v) is 7.89. The summed E-state index contributed by atoms with van der Waals surface area (Å²) in [6.07, 6.45) is 0.196. The van der Waals surface area contributed by atoms with E-state index in [1.807, 2.05) is 6.07 Å². The number of hydrogen-bond acceptors (Lipinski definition) is 8. The zero-order valence-corrected chi connectivity index (χ0v) is 26.1. The van der Waals surface area contributed by atoms with Crippen LogP contribution < -0.4 is 10.0 Å². The number of aryl methyl sites for hydroxylation is 1. The van der Waals surface area contributed by atoms with Crippen LogP contribution in [0.1, 0.15) is 38.1 Å². The van der Waals surface area contributed by atoms with Crippen molar-refractivity contribution in [1.82, 2.24) is 25.1 Å². The summed E-state index contributed by atoms with van der Waals surface area (Å²) in [6.45, 7) is 5.14. The Morgan fingerprint density at radius 1 is 1.14 bits per heavy atom. The molecule has 0 aliphatic carbocycles. The van der Waals surface area contributed by atoms with Gasteiger partial charge >= 0.3 is 6.09 Å². The summed E-state index contributed by atoms with van der Waals surface area (Å²) in [5, 5.41) is 7.79. The second-order valence-electron chi connectivity index (χ2n) is 10.9. The Kier molecular flexibility index (Phi) is 8.05. The molecule has 15 heteroatoms. The van der Waals surface area contributed by atoms with E-state index in [0.717, 1.165) is 17.0 Å². The van der Waals surface area contributed by atoms with Gasteiger partial charge in [-0.15, -0.1) is 11.3 Å². The first-order chi connectivity index (χ1) is 20.1. The Morgan fingerprint density at radius 2 is 1.84 bits per heavy atom. The molecule has 0 aliphatic rings. The van der Waals surface area contributed by atoms with Gasteiger partial charge in [0.2, 0.25) is 10.0 Å². The smallest absolute Gasteiger partial charge is 0.408 e. The Labute approximate surface area is 255 Å². The molecule has 3 heterocycles. The Hall–Kier alpha value is -3.88. The molecule has 0 fully saturated rings. The monoisotopic (exact) mass is 648 g/mol. The number of pyridine rings is 1. The fraction of sp³-hybridized carbons (Fsp3) is 0.286. The van der Waals surface area contributed by atoms with E-state index >= 15 is 0 Å². The van der Waals surface area contributed by atoms with Crippen LogP contribution in [0.15, 0.2) is 41.9 Å². The number of nitrogens with zero attached hydrogens (tertiary/aromatic N) is 4. The van der Waals surface area contributed by atoms with E-state index in [0.29, 0.717) is 33.4 Å². The lowest BCUT2D eigenvalue weighted by molar-refractivity contribution is 0.0502. The number of rotatable bonds is 7. The van der Waals surface area contributed by atoms with Crippen molar-refractivity contribution in [2.75, 3.05) is 11.0 Å². The minimum Gasteiger partial charge on any atom is -0.444 e. The Morgan fingerprint density at radius 3 is 2.49 bits per heavy atom. The number of fused-ring (bicyclic) bond motifs is 2. The van der Waals surface area contributed by atoms with Crippen LogP contribution in [0.5, 0.6) is 0 Å². The number of hydrogen-bond donors (Lipinski definition) is 2. The first-order valence-electron chi connectivity index (χ1n) is 12.9. The fourth-order valence-corrected chi connectivity index (χ4v) is 6.16. The summed E-state index contributed by atoms with van der Waals surface area (Å²) < 4.78 is 62.7. The van der Waals surface area contributed by atoms with Gasteiger partial charge in [-0.2, -0.15) is 5.10 Å². The molecule has 0 radical (unpaired) electrons. The van der Waals surface area contributed by atoms with Crippen molar-refractivity contribution in [2.45, 2.75) is 38.8 Å². The molecule has 1 amide bonds. The molecule has 0 saturated carbocycles. The SMILES string of the molecule is Cn1nc(NS(C)(=O)=O)c2c(Cl)ccc(-c3cc4scnc4nc3C(Cc3cc(F)cc(F)c3)NC(=O)OC(C)(C)C)c21. The van der Waals surface area contributed by atoms with Gasteiger partial charge in [-0.05, 0) is 57.0 Å². The highest BCUT2D eigenvalue weighted by Gasteiger charge is 2.28. The number of benzene rings is 2. The van der Waals surface area contributed by atoms with E-state index in [-0.39, 0.29) is 22.8 Å².